The van der Waals surface area contributed by atoms with Crippen LogP contribution in [0.25, 0.3) is 0 Å². The molecule has 1 unspecified atom stereocenters. The fraction of sp³-hybridized carbons (Fsp3) is 0.355. The number of carbonyl (C=O) groups excluding carboxylic acids is 2. The standard InChI is InChI=1S/C31H35FN2O2S/c1-23-8-7-11-26(18-23)20-34(30(35)22-37-21-25-14-16-27(32)17-15-25)29(19-24-9-3-2-4-10-24)31(36)33-28-12-5-6-13-28/h2-4,7-11,14-18,28-29H,5-6,12-13,19-22H2,1H3,(H,33,36). The molecule has 0 aromatic heterocycles. The molecule has 0 aliphatic heterocycles. The van der Waals surface area contributed by atoms with Gasteiger partial charge in [-0.15, -0.1) is 11.8 Å². The fourth-order valence-corrected chi connectivity index (χ4v) is 5.72. The van der Waals surface area contributed by atoms with Gasteiger partial charge in [-0.05, 0) is 48.6 Å². The van der Waals surface area contributed by atoms with E-state index in [2.05, 4.69) is 11.4 Å². The van der Waals surface area contributed by atoms with Crippen LogP contribution in [0.1, 0.15) is 47.9 Å². The molecule has 3 aromatic rings. The highest BCUT2D eigenvalue weighted by atomic mass is 32.2. The Morgan fingerprint density at radius 3 is 2.35 bits per heavy atom. The van der Waals surface area contributed by atoms with E-state index in [4.69, 9.17) is 0 Å². The monoisotopic (exact) mass is 518 g/mol. The zero-order valence-corrected chi connectivity index (χ0v) is 22.2. The van der Waals surface area contributed by atoms with Gasteiger partial charge in [-0.25, -0.2) is 4.39 Å². The van der Waals surface area contributed by atoms with Crippen LogP contribution in [0.2, 0.25) is 0 Å². The Morgan fingerprint density at radius 2 is 1.65 bits per heavy atom. The first-order valence-corrected chi connectivity index (χ1v) is 14.1. The highest BCUT2D eigenvalue weighted by Gasteiger charge is 2.32. The Balaban J connectivity index is 1.56. The van der Waals surface area contributed by atoms with Crippen LogP contribution in [0.5, 0.6) is 0 Å². The van der Waals surface area contributed by atoms with Crippen molar-refractivity contribution in [3.63, 3.8) is 0 Å². The van der Waals surface area contributed by atoms with Crippen LogP contribution in [0.15, 0.2) is 78.9 Å². The predicted octanol–water partition coefficient (Wildman–Crippen LogP) is 6.07. The molecule has 1 atom stereocenters. The van der Waals surface area contributed by atoms with E-state index in [9.17, 15) is 14.0 Å². The lowest BCUT2D eigenvalue weighted by Gasteiger charge is -2.32. The first-order chi connectivity index (χ1) is 18.0. The maximum Gasteiger partial charge on any atom is 0.243 e. The predicted molar refractivity (Wildman–Crippen MR) is 149 cm³/mol. The third kappa shape index (κ3) is 8.19. The minimum Gasteiger partial charge on any atom is -0.352 e. The molecule has 1 fully saturated rings. The summed E-state index contributed by atoms with van der Waals surface area (Å²) in [6.45, 7) is 2.40. The van der Waals surface area contributed by atoms with Gasteiger partial charge in [0.1, 0.15) is 11.9 Å². The quantitative estimate of drug-likeness (QED) is 0.335. The van der Waals surface area contributed by atoms with E-state index in [-0.39, 0.29) is 29.4 Å². The average Bonchev–Trinajstić information content (AvgIpc) is 3.41. The Hall–Kier alpha value is -3.12. The van der Waals surface area contributed by atoms with Gasteiger partial charge in [0.05, 0.1) is 5.75 Å². The molecule has 0 heterocycles. The Bertz CT molecular complexity index is 1160. The average molecular weight is 519 g/mol. The molecular formula is C31H35FN2O2S. The molecule has 0 spiro atoms. The fourth-order valence-electron chi connectivity index (χ4n) is 4.85. The number of amides is 2. The number of benzene rings is 3. The summed E-state index contributed by atoms with van der Waals surface area (Å²) in [5.41, 5.74) is 4.11. The van der Waals surface area contributed by atoms with Gasteiger partial charge < -0.3 is 10.2 Å². The minimum atomic E-state index is -0.609. The van der Waals surface area contributed by atoms with Gasteiger partial charge in [0.15, 0.2) is 0 Å². The van der Waals surface area contributed by atoms with Crippen molar-refractivity contribution >= 4 is 23.6 Å². The van der Waals surface area contributed by atoms with Crippen molar-refractivity contribution in [3.05, 3.63) is 107 Å². The van der Waals surface area contributed by atoms with Crippen molar-refractivity contribution < 1.29 is 14.0 Å². The lowest BCUT2D eigenvalue weighted by Crippen LogP contribution is -2.52. The van der Waals surface area contributed by atoms with Crippen molar-refractivity contribution in [1.82, 2.24) is 10.2 Å². The molecule has 0 bridgehead atoms. The number of hydrogen-bond acceptors (Lipinski definition) is 3. The zero-order valence-electron chi connectivity index (χ0n) is 21.4. The number of nitrogens with one attached hydrogen (secondary N) is 1. The van der Waals surface area contributed by atoms with Gasteiger partial charge >= 0.3 is 0 Å². The van der Waals surface area contributed by atoms with E-state index in [1.54, 1.807) is 17.0 Å². The van der Waals surface area contributed by atoms with Gasteiger partial charge in [0, 0.05) is 24.8 Å². The Morgan fingerprint density at radius 1 is 0.946 bits per heavy atom. The number of nitrogens with zero attached hydrogens (tertiary/aromatic N) is 1. The minimum absolute atomic E-state index is 0.0730. The molecule has 4 rings (SSSR count). The first-order valence-electron chi connectivity index (χ1n) is 13.0. The van der Waals surface area contributed by atoms with Crippen LogP contribution >= 0.6 is 11.8 Å². The Labute approximate surface area is 223 Å². The number of rotatable bonds is 11. The molecule has 0 saturated heterocycles. The van der Waals surface area contributed by atoms with Crippen LogP contribution in [-0.2, 0) is 28.3 Å². The number of halogens is 1. The molecule has 3 aromatic carbocycles. The van der Waals surface area contributed by atoms with Crippen LogP contribution < -0.4 is 5.32 Å². The van der Waals surface area contributed by atoms with Crippen LogP contribution in [0.4, 0.5) is 4.39 Å². The summed E-state index contributed by atoms with van der Waals surface area (Å²) >= 11 is 1.49. The highest BCUT2D eigenvalue weighted by Crippen LogP contribution is 2.21. The van der Waals surface area contributed by atoms with Gasteiger partial charge in [-0.1, -0.05) is 85.1 Å². The molecule has 37 heavy (non-hydrogen) atoms. The lowest BCUT2D eigenvalue weighted by atomic mass is 10.0. The SMILES string of the molecule is Cc1cccc(CN(C(=O)CSCc2ccc(F)cc2)C(Cc2ccccc2)C(=O)NC2CCCC2)c1. The summed E-state index contributed by atoms with van der Waals surface area (Å²) in [5, 5.41) is 3.24. The number of thioether (sulfide) groups is 1. The van der Waals surface area contributed by atoms with Gasteiger partial charge in [-0.2, -0.15) is 0 Å². The van der Waals surface area contributed by atoms with Crippen LogP contribution in [-0.4, -0.2) is 34.6 Å². The lowest BCUT2D eigenvalue weighted by molar-refractivity contribution is -0.139. The number of aryl methyl sites for hydroxylation is 1. The summed E-state index contributed by atoms with van der Waals surface area (Å²) in [4.78, 5) is 29.2. The van der Waals surface area contributed by atoms with Crippen LogP contribution in [0.3, 0.4) is 0 Å². The van der Waals surface area contributed by atoms with Crippen molar-refractivity contribution in [1.29, 1.82) is 0 Å². The third-order valence-corrected chi connectivity index (χ3v) is 7.80. The molecular weight excluding hydrogens is 483 g/mol. The normalized spacial score (nSPS) is 14.3. The van der Waals surface area contributed by atoms with Crippen molar-refractivity contribution in [2.45, 2.75) is 63.4 Å². The van der Waals surface area contributed by atoms with Crippen molar-refractivity contribution in [2.24, 2.45) is 0 Å². The molecule has 1 aliphatic rings. The zero-order chi connectivity index (χ0) is 26.0. The summed E-state index contributed by atoms with van der Waals surface area (Å²) in [6, 6.07) is 23.9. The highest BCUT2D eigenvalue weighted by molar-refractivity contribution is 7.99. The molecule has 6 heteroatoms. The molecule has 1 aliphatic carbocycles. The molecule has 1 saturated carbocycles. The van der Waals surface area contributed by atoms with Crippen molar-refractivity contribution in [2.75, 3.05) is 5.75 Å². The van der Waals surface area contributed by atoms with E-state index in [0.717, 1.165) is 47.9 Å². The van der Waals surface area contributed by atoms with Gasteiger partial charge in [-0.3, -0.25) is 9.59 Å². The van der Waals surface area contributed by atoms with E-state index in [0.29, 0.717) is 18.7 Å². The molecule has 0 radical (unpaired) electrons. The van der Waals surface area contributed by atoms with Gasteiger partial charge in [0.25, 0.3) is 0 Å². The van der Waals surface area contributed by atoms with Crippen LogP contribution in [0, 0.1) is 12.7 Å². The number of carbonyl (C=O) groups is 2. The topological polar surface area (TPSA) is 49.4 Å². The smallest absolute Gasteiger partial charge is 0.243 e. The van der Waals surface area contributed by atoms with E-state index < -0.39 is 6.04 Å². The third-order valence-electron chi connectivity index (χ3n) is 6.82. The summed E-state index contributed by atoms with van der Waals surface area (Å²) < 4.78 is 13.3. The second kappa shape index (κ2) is 13.4. The largest absolute Gasteiger partial charge is 0.352 e. The Kier molecular flexibility index (Phi) is 9.78. The summed E-state index contributed by atoms with van der Waals surface area (Å²) in [7, 11) is 0. The second-order valence-electron chi connectivity index (χ2n) is 9.83. The van der Waals surface area contributed by atoms with E-state index in [1.807, 2.05) is 55.5 Å². The molecule has 194 valence electrons. The second-order valence-corrected chi connectivity index (χ2v) is 10.8. The molecule has 4 nitrogen and oxygen atoms in total. The first kappa shape index (κ1) is 26.9. The van der Waals surface area contributed by atoms with E-state index in [1.165, 1.54) is 23.9 Å². The van der Waals surface area contributed by atoms with Crippen molar-refractivity contribution in [3.8, 4) is 0 Å². The maximum absolute atomic E-state index is 13.7. The summed E-state index contributed by atoms with van der Waals surface area (Å²) in [6.07, 6.45) is 4.69. The number of hydrogen-bond donors (Lipinski definition) is 1. The maximum atomic E-state index is 13.7. The van der Waals surface area contributed by atoms with E-state index >= 15 is 0 Å². The van der Waals surface area contributed by atoms with Gasteiger partial charge in [0.2, 0.25) is 11.8 Å². The molecule has 2 amide bonds. The summed E-state index contributed by atoms with van der Waals surface area (Å²) in [5.74, 6) is 0.412. The molecule has 1 N–H and O–H groups in total.